The standard InChI is InChI=1S/C13H19ClN4O4S/c1-10-12(14)8-11(9-13(10)18(19)20)23(21,22)16-4-7-17-5-2-15-3-6-17/h8-9,15-16H,2-7H2,1H3. The quantitative estimate of drug-likeness (QED) is 0.571. The molecule has 128 valence electrons. The van der Waals surface area contributed by atoms with Gasteiger partial charge in [-0.1, -0.05) is 11.6 Å². The van der Waals surface area contributed by atoms with Gasteiger partial charge < -0.3 is 5.32 Å². The highest BCUT2D eigenvalue weighted by molar-refractivity contribution is 7.89. The monoisotopic (exact) mass is 362 g/mol. The first kappa shape index (κ1) is 18.1. The van der Waals surface area contributed by atoms with Crippen LogP contribution >= 0.6 is 11.6 Å². The summed E-state index contributed by atoms with van der Waals surface area (Å²) in [6.45, 7) is 5.80. The second kappa shape index (κ2) is 7.54. The van der Waals surface area contributed by atoms with Crippen LogP contribution < -0.4 is 10.0 Å². The lowest BCUT2D eigenvalue weighted by molar-refractivity contribution is -0.385. The zero-order chi connectivity index (χ0) is 17.0. The van der Waals surface area contributed by atoms with Crippen LogP contribution in [0.2, 0.25) is 5.02 Å². The van der Waals surface area contributed by atoms with Crippen molar-refractivity contribution in [2.24, 2.45) is 0 Å². The van der Waals surface area contributed by atoms with E-state index in [1.807, 2.05) is 0 Å². The number of nitrogens with one attached hydrogen (secondary N) is 2. The first-order chi connectivity index (χ1) is 10.8. The topological polar surface area (TPSA) is 105 Å². The minimum absolute atomic E-state index is 0.0571. The van der Waals surface area contributed by atoms with Crippen LogP contribution in [0.4, 0.5) is 5.69 Å². The number of sulfonamides is 1. The van der Waals surface area contributed by atoms with Gasteiger partial charge in [-0.2, -0.15) is 0 Å². The Morgan fingerprint density at radius 1 is 1.39 bits per heavy atom. The van der Waals surface area contributed by atoms with E-state index in [1.54, 1.807) is 0 Å². The van der Waals surface area contributed by atoms with Crippen LogP contribution in [0.25, 0.3) is 0 Å². The van der Waals surface area contributed by atoms with Crippen molar-refractivity contribution >= 4 is 27.3 Å². The van der Waals surface area contributed by atoms with Gasteiger partial charge in [-0.3, -0.25) is 15.0 Å². The van der Waals surface area contributed by atoms with Crippen molar-refractivity contribution in [3.63, 3.8) is 0 Å². The van der Waals surface area contributed by atoms with E-state index in [9.17, 15) is 18.5 Å². The predicted octanol–water partition coefficient (Wildman–Crippen LogP) is 0.740. The van der Waals surface area contributed by atoms with E-state index >= 15 is 0 Å². The minimum atomic E-state index is -3.84. The summed E-state index contributed by atoms with van der Waals surface area (Å²) in [7, 11) is -3.84. The van der Waals surface area contributed by atoms with E-state index in [-0.39, 0.29) is 27.7 Å². The summed E-state index contributed by atoms with van der Waals surface area (Å²) in [5, 5.41) is 14.3. The first-order valence-electron chi connectivity index (χ1n) is 7.18. The third kappa shape index (κ3) is 4.61. The van der Waals surface area contributed by atoms with Crippen molar-refractivity contribution in [1.29, 1.82) is 0 Å². The van der Waals surface area contributed by atoms with Crippen LogP contribution in [0, 0.1) is 17.0 Å². The molecule has 0 bridgehead atoms. The summed E-state index contributed by atoms with van der Waals surface area (Å²) in [6.07, 6.45) is 0. The summed E-state index contributed by atoms with van der Waals surface area (Å²) in [6, 6.07) is 2.27. The van der Waals surface area contributed by atoms with Crippen LogP contribution in [0.3, 0.4) is 0 Å². The second-order valence-corrected chi connectivity index (χ2v) is 7.47. The fraction of sp³-hybridized carbons (Fsp3) is 0.538. The Labute approximate surface area is 140 Å². The van der Waals surface area contributed by atoms with Crippen molar-refractivity contribution in [2.75, 3.05) is 39.3 Å². The third-order valence-electron chi connectivity index (χ3n) is 3.73. The van der Waals surface area contributed by atoms with E-state index < -0.39 is 14.9 Å². The summed E-state index contributed by atoms with van der Waals surface area (Å²) >= 11 is 5.91. The molecule has 1 aromatic carbocycles. The van der Waals surface area contributed by atoms with Crippen LogP contribution in [0.1, 0.15) is 5.56 Å². The lowest BCUT2D eigenvalue weighted by atomic mass is 10.2. The molecule has 0 unspecified atom stereocenters. The number of nitro benzene ring substituents is 1. The first-order valence-corrected chi connectivity index (χ1v) is 9.04. The summed E-state index contributed by atoms with van der Waals surface area (Å²) in [5.74, 6) is 0. The largest absolute Gasteiger partial charge is 0.314 e. The molecule has 2 rings (SSSR count). The van der Waals surface area contributed by atoms with E-state index in [1.165, 1.54) is 13.0 Å². The Balaban J connectivity index is 2.08. The van der Waals surface area contributed by atoms with Gasteiger partial charge in [0.25, 0.3) is 5.69 Å². The molecule has 0 radical (unpaired) electrons. The fourth-order valence-electron chi connectivity index (χ4n) is 2.34. The minimum Gasteiger partial charge on any atom is -0.314 e. The van der Waals surface area contributed by atoms with E-state index in [2.05, 4.69) is 14.9 Å². The maximum absolute atomic E-state index is 12.3. The molecule has 0 atom stereocenters. The Morgan fingerprint density at radius 3 is 2.65 bits per heavy atom. The van der Waals surface area contributed by atoms with Gasteiger partial charge in [-0.05, 0) is 13.0 Å². The van der Waals surface area contributed by atoms with Gasteiger partial charge in [0.05, 0.1) is 14.8 Å². The van der Waals surface area contributed by atoms with Crippen LogP contribution in [0.15, 0.2) is 17.0 Å². The van der Waals surface area contributed by atoms with Crippen LogP contribution in [-0.2, 0) is 10.0 Å². The SMILES string of the molecule is Cc1c(Cl)cc(S(=O)(=O)NCCN2CCNCC2)cc1[N+](=O)[O-]. The van der Waals surface area contributed by atoms with Crippen LogP contribution in [0.5, 0.6) is 0 Å². The highest BCUT2D eigenvalue weighted by atomic mass is 35.5. The number of hydrogen-bond acceptors (Lipinski definition) is 6. The normalized spacial score (nSPS) is 16.4. The molecule has 1 fully saturated rings. The smallest absolute Gasteiger partial charge is 0.275 e. The molecule has 0 spiro atoms. The number of halogens is 1. The number of nitrogens with zero attached hydrogens (tertiary/aromatic N) is 2. The molecule has 0 aromatic heterocycles. The van der Waals surface area contributed by atoms with E-state index in [4.69, 9.17) is 11.6 Å². The van der Waals surface area contributed by atoms with E-state index in [0.717, 1.165) is 32.2 Å². The number of hydrogen-bond donors (Lipinski definition) is 2. The number of rotatable bonds is 6. The second-order valence-electron chi connectivity index (χ2n) is 5.30. The number of benzene rings is 1. The number of nitro groups is 1. The molecule has 0 saturated carbocycles. The molecule has 1 aromatic rings. The maximum Gasteiger partial charge on any atom is 0.275 e. The molecule has 8 nitrogen and oxygen atoms in total. The van der Waals surface area contributed by atoms with Gasteiger partial charge in [0, 0.05) is 50.9 Å². The molecular formula is C13H19ClN4O4S. The zero-order valence-electron chi connectivity index (χ0n) is 12.7. The van der Waals surface area contributed by atoms with Crippen LogP contribution in [-0.4, -0.2) is 57.5 Å². The number of piperazine rings is 1. The Kier molecular flexibility index (Phi) is 5.93. The molecule has 1 aliphatic rings. The van der Waals surface area contributed by atoms with Gasteiger partial charge in [0.15, 0.2) is 0 Å². The van der Waals surface area contributed by atoms with Crippen molar-refractivity contribution in [3.8, 4) is 0 Å². The van der Waals surface area contributed by atoms with Gasteiger partial charge in [-0.15, -0.1) is 0 Å². The Hall–Kier alpha value is -1.26. The average molecular weight is 363 g/mol. The molecule has 10 heteroatoms. The molecule has 23 heavy (non-hydrogen) atoms. The lowest BCUT2D eigenvalue weighted by Crippen LogP contribution is -2.46. The molecule has 1 saturated heterocycles. The van der Waals surface area contributed by atoms with Gasteiger partial charge in [0.1, 0.15) is 0 Å². The predicted molar refractivity (Wildman–Crippen MR) is 87.3 cm³/mol. The van der Waals surface area contributed by atoms with Gasteiger partial charge in [-0.25, -0.2) is 13.1 Å². The maximum atomic E-state index is 12.3. The third-order valence-corrected chi connectivity index (χ3v) is 5.56. The van der Waals surface area contributed by atoms with Gasteiger partial charge >= 0.3 is 0 Å². The highest BCUT2D eigenvalue weighted by Crippen LogP contribution is 2.29. The zero-order valence-corrected chi connectivity index (χ0v) is 14.3. The highest BCUT2D eigenvalue weighted by Gasteiger charge is 2.22. The summed E-state index contributed by atoms with van der Waals surface area (Å²) in [5.41, 5.74) is -0.0589. The molecule has 0 amide bonds. The molecule has 0 aliphatic carbocycles. The van der Waals surface area contributed by atoms with Gasteiger partial charge in [0.2, 0.25) is 10.0 Å². The Bertz CT molecular complexity index is 689. The van der Waals surface area contributed by atoms with Crippen molar-refractivity contribution in [3.05, 3.63) is 32.8 Å². The fourth-order valence-corrected chi connectivity index (χ4v) is 3.69. The van der Waals surface area contributed by atoms with Crippen molar-refractivity contribution in [1.82, 2.24) is 14.9 Å². The average Bonchev–Trinajstić information content (AvgIpc) is 2.50. The molecule has 1 aliphatic heterocycles. The molecule has 2 N–H and O–H groups in total. The van der Waals surface area contributed by atoms with Crippen molar-refractivity contribution < 1.29 is 13.3 Å². The molecule has 1 heterocycles. The summed E-state index contributed by atoms with van der Waals surface area (Å²) in [4.78, 5) is 12.3. The lowest BCUT2D eigenvalue weighted by Gasteiger charge is -2.27. The Morgan fingerprint density at radius 2 is 2.04 bits per heavy atom. The summed E-state index contributed by atoms with van der Waals surface area (Å²) < 4.78 is 27.0. The van der Waals surface area contributed by atoms with Crippen molar-refractivity contribution in [2.45, 2.75) is 11.8 Å². The molecular weight excluding hydrogens is 344 g/mol. The van der Waals surface area contributed by atoms with E-state index in [0.29, 0.717) is 6.54 Å².